The number of rotatable bonds is 4. The molecule has 0 bridgehead atoms. The predicted molar refractivity (Wildman–Crippen MR) is 86.0 cm³/mol. The Kier molecular flexibility index (Phi) is 3.16. The van der Waals surface area contributed by atoms with Crippen molar-refractivity contribution in [3.8, 4) is 22.6 Å². The van der Waals surface area contributed by atoms with Gasteiger partial charge in [-0.3, -0.25) is 0 Å². The van der Waals surface area contributed by atoms with Gasteiger partial charge in [0.25, 0.3) is 0 Å². The number of aromatic nitrogens is 2. The summed E-state index contributed by atoms with van der Waals surface area (Å²) in [5.74, 6) is -0.122. The van der Waals surface area contributed by atoms with E-state index in [2.05, 4.69) is 17.2 Å². The fraction of sp³-hybridized carbons (Fsp3) is 0.222. The third-order valence-corrected chi connectivity index (χ3v) is 3.97. The number of hydrogen-bond acceptors (Lipinski definition) is 4. The Morgan fingerprint density at radius 1 is 1.04 bits per heavy atom. The van der Waals surface area contributed by atoms with Crippen LogP contribution in [0, 0.1) is 0 Å². The lowest BCUT2D eigenvalue weighted by atomic mass is 10.0. The zero-order chi connectivity index (χ0) is 15.9. The molecule has 0 amide bonds. The lowest BCUT2D eigenvalue weighted by molar-refractivity contribution is 0.278. The van der Waals surface area contributed by atoms with Gasteiger partial charge < -0.3 is 9.15 Å². The van der Waals surface area contributed by atoms with Crippen LogP contribution in [-0.4, -0.2) is 22.0 Å². The minimum absolute atomic E-state index is 0.283. The molecular formula is C18H16N2O3. The van der Waals surface area contributed by atoms with Gasteiger partial charge in [0.1, 0.15) is 5.60 Å². The van der Waals surface area contributed by atoms with Crippen LogP contribution >= 0.6 is 0 Å². The first-order valence-corrected chi connectivity index (χ1v) is 7.51. The number of benzene rings is 2. The van der Waals surface area contributed by atoms with Gasteiger partial charge in [0.05, 0.1) is 13.2 Å². The molecule has 1 aliphatic rings. The van der Waals surface area contributed by atoms with Crippen LogP contribution in [0.2, 0.25) is 0 Å². The van der Waals surface area contributed by atoms with Crippen molar-refractivity contribution in [1.82, 2.24) is 9.78 Å². The molecule has 2 heterocycles. The van der Waals surface area contributed by atoms with E-state index in [4.69, 9.17) is 9.15 Å². The fourth-order valence-corrected chi connectivity index (χ4v) is 2.49. The first-order chi connectivity index (χ1) is 11.1. The molecule has 1 fully saturated rings. The highest BCUT2D eigenvalue weighted by molar-refractivity contribution is 5.67. The third kappa shape index (κ3) is 2.83. The fourth-order valence-electron chi connectivity index (χ4n) is 2.49. The lowest BCUT2D eigenvalue weighted by Gasteiger charge is -2.02. The smallest absolute Gasteiger partial charge is 0.388 e. The quantitative estimate of drug-likeness (QED) is 0.695. The van der Waals surface area contributed by atoms with Gasteiger partial charge in [-0.15, -0.1) is 5.10 Å². The van der Waals surface area contributed by atoms with Crippen LogP contribution in [0.5, 0.6) is 0 Å². The van der Waals surface area contributed by atoms with Crippen LogP contribution in [0.15, 0.2) is 63.8 Å². The van der Waals surface area contributed by atoms with Crippen LogP contribution in [-0.2, 0) is 11.3 Å². The van der Waals surface area contributed by atoms with Crippen LogP contribution in [0.4, 0.5) is 0 Å². The molecule has 1 aromatic heterocycles. The van der Waals surface area contributed by atoms with Crippen LogP contribution in [0.3, 0.4) is 0 Å². The van der Waals surface area contributed by atoms with Crippen molar-refractivity contribution < 1.29 is 9.15 Å². The molecule has 3 aromatic rings. The van der Waals surface area contributed by atoms with Crippen LogP contribution in [0.25, 0.3) is 22.6 Å². The Labute approximate surface area is 133 Å². The normalized spacial score (nSPS) is 19.7. The first kappa shape index (κ1) is 14.0. The standard InChI is InChI=1S/C18H16N2O3/c1-18(12-22-18)11-20-17(21)23-16(19-20)15-9-7-14(8-10-15)13-5-3-2-4-6-13/h2-10H,11-12H2,1H3. The van der Waals surface area contributed by atoms with E-state index in [0.29, 0.717) is 19.0 Å². The SMILES string of the molecule is CC1(Cn2nc(-c3ccc(-c4ccccc4)cc3)oc2=O)CO1. The second-order valence-corrected chi connectivity index (χ2v) is 6.01. The maximum absolute atomic E-state index is 11.9. The highest BCUT2D eigenvalue weighted by Gasteiger charge is 2.40. The van der Waals surface area contributed by atoms with Gasteiger partial charge in [0.2, 0.25) is 5.89 Å². The van der Waals surface area contributed by atoms with Crippen molar-refractivity contribution in [3.05, 3.63) is 65.1 Å². The maximum atomic E-state index is 11.9. The molecule has 0 N–H and O–H groups in total. The Bertz CT molecular complexity index is 875. The monoisotopic (exact) mass is 308 g/mol. The molecule has 5 heteroatoms. The van der Waals surface area contributed by atoms with Gasteiger partial charge in [-0.1, -0.05) is 42.5 Å². The van der Waals surface area contributed by atoms with Crippen molar-refractivity contribution in [2.45, 2.75) is 19.1 Å². The molecule has 1 aliphatic heterocycles. The van der Waals surface area contributed by atoms with Gasteiger partial charge >= 0.3 is 5.76 Å². The molecule has 0 radical (unpaired) electrons. The molecule has 23 heavy (non-hydrogen) atoms. The van der Waals surface area contributed by atoms with Gasteiger partial charge in [0, 0.05) is 5.56 Å². The zero-order valence-electron chi connectivity index (χ0n) is 12.7. The number of epoxide rings is 1. The van der Waals surface area contributed by atoms with E-state index >= 15 is 0 Å². The second kappa shape index (κ2) is 5.21. The van der Waals surface area contributed by atoms with Crippen molar-refractivity contribution in [2.75, 3.05) is 6.61 Å². The maximum Gasteiger partial charge on any atom is 0.437 e. The summed E-state index contributed by atoms with van der Waals surface area (Å²) in [6.07, 6.45) is 0. The molecule has 0 saturated carbocycles. The number of hydrogen-bond donors (Lipinski definition) is 0. The summed E-state index contributed by atoms with van der Waals surface area (Å²) in [6, 6.07) is 17.9. The Balaban J connectivity index is 1.61. The van der Waals surface area contributed by atoms with E-state index in [1.54, 1.807) is 0 Å². The topological polar surface area (TPSA) is 60.6 Å². The highest BCUT2D eigenvalue weighted by atomic mass is 16.6. The first-order valence-electron chi connectivity index (χ1n) is 7.51. The third-order valence-electron chi connectivity index (χ3n) is 3.97. The molecular weight excluding hydrogens is 292 g/mol. The molecule has 1 unspecified atom stereocenters. The van der Waals surface area contributed by atoms with Crippen LogP contribution in [0.1, 0.15) is 6.92 Å². The minimum atomic E-state index is -0.455. The number of nitrogens with zero attached hydrogens (tertiary/aromatic N) is 2. The van der Waals surface area contributed by atoms with E-state index in [9.17, 15) is 4.79 Å². The Hall–Kier alpha value is -2.66. The second-order valence-electron chi connectivity index (χ2n) is 6.01. The predicted octanol–water partition coefficient (Wildman–Crippen LogP) is 2.96. The molecule has 1 atom stereocenters. The Morgan fingerprint density at radius 2 is 1.65 bits per heavy atom. The van der Waals surface area contributed by atoms with Gasteiger partial charge in [-0.2, -0.15) is 4.68 Å². The molecule has 5 nitrogen and oxygen atoms in total. The lowest BCUT2D eigenvalue weighted by Crippen LogP contribution is -2.24. The average molecular weight is 308 g/mol. The Morgan fingerprint density at radius 3 is 2.30 bits per heavy atom. The summed E-state index contributed by atoms with van der Waals surface area (Å²) in [7, 11) is 0. The van der Waals surface area contributed by atoms with Crippen molar-refractivity contribution in [2.24, 2.45) is 0 Å². The van der Waals surface area contributed by atoms with E-state index in [0.717, 1.165) is 16.7 Å². The van der Waals surface area contributed by atoms with E-state index < -0.39 is 5.76 Å². The van der Waals surface area contributed by atoms with Gasteiger partial charge in [-0.05, 0) is 30.2 Å². The summed E-state index contributed by atoms with van der Waals surface area (Å²) >= 11 is 0. The summed E-state index contributed by atoms with van der Waals surface area (Å²) in [5, 5.41) is 4.27. The van der Waals surface area contributed by atoms with E-state index in [-0.39, 0.29) is 5.60 Å². The minimum Gasteiger partial charge on any atom is -0.388 e. The van der Waals surface area contributed by atoms with Crippen LogP contribution < -0.4 is 5.76 Å². The average Bonchev–Trinajstić information content (AvgIpc) is 3.20. The zero-order valence-corrected chi connectivity index (χ0v) is 12.7. The molecule has 0 aliphatic carbocycles. The highest BCUT2D eigenvalue weighted by Crippen LogP contribution is 2.28. The van der Waals surface area contributed by atoms with Crippen molar-refractivity contribution in [3.63, 3.8) is 0 Å². The van der Waals surface area contributed by atoms with Gasteiger partial charge in [-0.25, -0.2) is 4.79 Å². The van der Waals surface area contributed by atoms with Crippen molar-refractivity contribution in [1.29, 1.82) is 0 Å². The molecule has 116 valence electrons. The molecule has 0 spiro atoms. The number of ether oxygens (including phenoxy) is 1. The largest absolute Gasteiger partial charge is 0.437 e. The van der Waals surface area contributed by atoms with E-state index in [1.165, 1.54) is 4.68 Å². The molecule has 1 saturated heterocycles. The van der Waals surface area contributed by atoms with Crippen molar-refractivity contribution >= 4 is 0 Å². The van der Waals surface area contributed by atoms with Gasteiger partial charge in [0.15, 0.2) is 0 Å². The summed E-state index contributed by atoms with van der Waals surface area (Å²) < 4.78 is 11.9. The molecule has 2 aromatic carbocycles. The van der Waals surface area contributed by atoms with E-state index in [1.807, 2.05) is 49.4 Å². The molecule has 4 rings (SSSR count). The summed E-state index contributed by atoms with van der Waals surface area (Å²) in [6.45, 7) is 3.01. The summed E-state index contributed by atoms with van der Waals surface area (Å²) in [4.78, 5) is 11.9. The summed E-state index contributed by atoms with van der Waals surface area (Å²) in [5.41, 5.74) is 2.75.